The van der Waals surface area contributed by atoms with Crippen LogP contribution in [0.5, 0.6) is 5.75 Å². The average Bonchev–Trinajstić information content (AvgIpc) is 2.92. The number of carbonyl (C=O) groups is 1. The highest BCUT2D eigenvalue weighted by atomic mass is 79.9. The van der Waals surface area contributed by atoms with Crippen LogP contribution in [0.15, 0.2) is 24.5 Å². The second-order valence-corrected chi connectivity index (χ2v) is 10.9. The number of benzene rings is 1. The van der Waals surface area contributed by atoms with E-state index < -0.39 is 0 Å². The lowest BCUT2D eigenvalue weighted by Crippen LogP contribution is -2.28. The topological polar surface area (TPSA) is 71.0 Å². The van der Waals surface area contributed by atoms with Crippen molar-refractivity contribution in [1.29, 1.82) is 5.41 Å². The molecule has 1 heterocycles. The molecule has 2 N–H and O–H groups in total. The van der Waals surface area contributed by atoms with Crippen LogP contribution in [0.25, 0.3) is 0 Å². The van der Waals surface area contributed by atoms with E-state index in [1.54, 1.807) is 4.57 Å². The molecule has 3 rings (SSSR count). The lowest BCUT2D eigenvalue weighted by atomic mass is 9.78. The maximum Gasteiger partial charge on any atom is 0.202 e. The third-order valence-corrected chi connectivity index (χ3v) is 6.34. The Morgan fingerprint density at radius 1 is 1.03 bits per heavy atom. The third-order valence-electron chi connectivity index (χ3n) is 6.34. The Labute approximate surface area is 196 Å². The summed E-state index contributed by atoms with van der Waals surface area (Å²) in [7, 11) is 0. The molecule has 1 saturated carbocycles. The summed E-state index contributed by atoms with van der Waals surface area (Å²) in [5, 5.41) is 19.3. The van der Waals surface area contributed by atoms with Gasteiger partial charge in [-0.25, -0.2) is 0 Å². The molecule has 2 aromatic rings. The highest BCUT2D eigenvalue weighted by Gasteiger charge is 2.28. The zero-order valence-electron chi connectivity index (χ0n) is 19.8. The molecule has 1 aromatic carbocycles. The number of nitrogens with zero attached hydrogens (tertiary/aromatic N) is 2. The van der Waals surface area contributed by atoms with Gasteiger partial charge >= 0.3 is 0 Å². The van der Waals surface area contributed by atoms with E-state index in [2.05, 4.69) is 0 Å². The van der Waals surface area contributed by atoms with Gasteiger partial charge in [-0.2, -0.15) is 0 Å². The van der Waals surface area contributed by atoms with Crippen molar-refractivity contribution in [2.45, 2.75) is 91.1 Å². The molecule has 0 saturated heterocycles. The van der Waals surface area contributed by atoms with Crippen molar-refractivity contribution in [2.24, 2.45) is 5.92 Å². The molecule has 31 heavy (non-hydrogen) atoms. The molecule has 0 radical (unpaired) electrons. The minimum absolute atomic E-state index is 0. The van der Waals surface area contributed by atoms with Gasteiger partial charge in [0.2, 0.25) is 5.62 Å². The Morgan fingerprint density at radius 3 is 2.00 bits per heavy atom. The number of imidazole rings is 1. The fraction of sp³-hybridized carbons (Fsp3) is 0.600. The zero-order chi connectivity index (χ0) is 22.3. The number of ketones is 1. The van der Waals surface area contributed by atoms with Crippen LogP contribution in [0.1, 0.15) is 88.7 Å². The molecule has 0 aliphatic heterocycles. The van der Waals surface area contributed by atoms with E-state index in [1.807, 2.05) is 70.6 Å². The summed E-state index contributed by atoms with van der Waals surface area (Å²) in [6.45, 7) is 13.2. The van der Waals surface area contributed by atoms with Crippen LogP contribution in [0, 0.1) is 11.3 Å². The highest BCUT2D eigenvalue weighted by molar-refractivity contribution is 8.93. The SMILES string of the molecule is Br.CC(C)(C)c1cc(C(=O)Cn2ccn(CCC3CCC3)c2=N)cc(C(C)(C)C)c1O. The third kappa shape index (κ3) is 5.71. The fourth-order valence-corrected chi connectivity index (χ4v) is 4.06. The second-order valence-electron chi connectivity index (χ2n) is 10.9. The van der Waals surface area contributed by atoms with Gasteiger partial charge < -0.3 is 14.2 Å². The molecule has 0 bridgehead atoms. The maximum atomic E-state index is 13.2. The van der Waals surface area contributed by atoms with Crippen LogP contribution in [-0.4, -0.2) is 20.0 Å². The lowest BCUT2D eigenvalue weighted by Gasteiger charge is -2.28. The first-order valence-electron chi connectivity index (χ1n) is 11.1. The highest BCUT2D eigenvalue weighted by Crippen LogP contribution is 2.39. The van der Waals surface area contributed by atoms with E-state index in [-0.39, 0.29) is 45.9 Å². The summed E-state index contributed by atoms with van der Waals surface area (Å²) < 4.78 is 3.65. The first-order chi connectivity index (χ1) is 13.9. The van der Waals surface area contributed by atoms with Gasteiger partial charge in [0, 0.05) is 35.6 Å². The standard InChI is InChI=1S/C25H37N3O2.BrH/c1-24(2,3)19-14-18(15-20(22(19)30)25(4,5)6)21(29)16-28-13-12-27(23(28)26)11-10-17-8-7-9-17;/h12-15,17,26,30H,7-11,16H2,1-6H3;1H. The van der Waals surface area contributed by atoms with Gasteiger partial charge in [-0.05, 0) is 35.3 Å². The van der Waals surface area contributed by atoms with Crippen LogP contribution < -0.4 is 5.62 Å². The number of aromatic hydroxyl groups is 1. The van der Waals surface area contributed by atoms with Crippen LogP contribution in [0.3, 0.4) is 0 Å². The molecule has 1 aromatic heterocycles. The summed E-state index contributed by atoms with van der Waals surface area (Å²) in [4.78, 5) is 13.2. The number of carbonyl (C=O) groups excluding carboxylic acids is 1. The summed E-state index contributed by atoms with van der Waals surface area (Å²) in [5.74, 6) is 1.04. The van der Waals surface area contributed by atoms with Crippen LogP contribution in [0.2, 0.25) is 0 Å². The monoisotopic (exact) mass is 491 g/mol. The van der Waals surface area contributed by atoms with Gasteiger partial charge in [-0.1, -0.05) is 60.8 Å². The lowest BCUT2D eigenvalue weighted by molar-refractivity contribution is 0.0969. The van der Waals surface area contributed by atoms with Gasteiger partial charge in [-0.15, -0.1) is 17.0 Å². The number of Topliss-reactive ketones (excluding diaryl/α,β-unsaturated/α-hetero) is 1. The fourth-order valence-electron chi connectivity index (χ4n) is 4.06. The van der Waals surface area contributed by atoms with Crippen LogP contribution in [-0.2, 0) is 23.9 Å². The molecular weight excluding hydrogens is 454 g/mol. The van der Waals surface area contributed by atoms with Crippen molar-refractivity contribution in [1.82, 2.24) is 9.13 Å². The van der Waals surface area contributed by atoms with E-state index in [4.69, 9.17) is 5.41 Å². The van der Waals surface area contributed by atoms with Crippen molar-refractivity contribution in [3.05, 3.63) is 46.8 Å². The normalized spacial score (nSPS) is 14.8. The predicted molar refractivity (Wildman–Crippen MR) is 130 cm³/mol. The van der Waals surface area contributed by atoms with Crippen molar-refractivity contribution in [3.8, 4) is 5.75 Å². The molecule has 1 fully saturated rings. The van der Waals surface area contributed by atoms with Crippen molar-refractivity contribution in [2.75, 3.05) is 0 Å². The molecule has 1 aliphatic rings. The van der Waals surface area contributed by atoms with Crippen molar-refractivity contribution >= 4 is 22.8 Å². The molecule has 0 unspecified atom stereocenters. The number of phenols is 1. The molecule has 0 atom stereocenters. The van der Waals surface area contributed by atoms with E-state index >= 15 is 0 Å². The average molecular weight is 493 g/mol. The smallest absolute Gasteiger partial charge is 0.202 e. The Kier molecular flexibility index (Phi) is 7.68. The van der Waals surface area contributed by atoms with Crippen LogP contribution in [0.4, 0.5) is 0 Å². The van der Waals surface area contributed by atoms with Gasteiger partial charge in [-0.3, -0.25) is 10.2 Å². The van der Waals surface area contributed by atoms with E-state index in [1.165, 1.54) is 19.3 Å². The van der Waals surface area contributed by atoms with E-state index in [9.17, 15) is 9.90 Å². The Morgan fingerprint density at radius 2 is 1.55 bits per heavy atom. The molecule has 172 valence electrons. The first-order valence-corrected chi connectivity index (χ1v) is 11.1. The molecule has 5 nitrogen and oxygen atoms in total. The predicted octanol–water partition coefficient (Wildman–Crippen LogP) is 5.72. The zero-order valence-corrected chi connectivity index (χ0v) is 21.5. The minimum atomic E-state index is -0.279. The van der Waals surface area contributed by atoms with Gasteiger partial charge in [0.15, 0.2) is 5.78 Å². The van der Waals surface area contributed by atoms with Gasteiger partial charge in [0.05, 0.1) is 6.54 Å². The summed E-state index contributed by atoms with van der Waals surface area (Å²) >= 11 is 0. The summed E-state index contributed by atoms with van der Waals surface area (Å²) in [5.41, 5.74) is 1.97. The number of rotatable bonds is 6. The van der Waals surface area contributed by atoms with E-state index in [0.29, 0.717) is 11.2 Å². The number of phenolic OH excluding ortho intramolecular Hbond substituents is 1. The summed E-state index contributed by atoms with van der Waals surface area (Å²) in [6, 6.07) is 3.65. The first kappa shape index (κ1) is 25.4. The Bertz CT molecular complexity index is 950. The second kappa shape index (κ2) is 9.35. The number of hydrogen-bond acceptors (Lipinski definition) is 3. The molecule has 1 aliphatic carbocycles. The minimum Gasteiger partial charge on any atom is -0.507 e. The largest absolute Gasteiger partial charge is 0.507 e. The van der Waals surface area contributed by atoms with Crippen molar-refractivity contribution in [3.63, 3.8) is 0 Å². The van der Waals surface area contributed by atoms with Crippen molar-refractivity contribution < 1.29 is 9.90 Å². The Hall–Kier alpha value is -1.82. The maximum absolute atomic E-state index is 13.2. The molecule has 0 spiro atoms. The number of aromatic nitrogens is 2. The molecule has 6 heteroatoms. The number of halogens is 1. The van der Waals surface area contributed by atoms with E-state index in [0.717, 1.165) is 30.0 Å². The molecule has 0 amide bonds. The Balaban J connectivity index is 0.00000341. The summed E-state index contributed by atoms with van der Waals surface area (Å²) in [6.07, 6.45) is 8.79. The number of hydrogen-bond donors (Lipinski definition) is 2. The van der Waals surface area contributed by atoms with Gasteiger partial charge in [0.1, 0.15) is 5.75 Å². The number of nitrogens with one attached hydrogen (secondary N) is 1. The van der Waals surface area contributed by atoms with Gasteiger partial charge in [0.25, 0.3) is 0 Å². The molecular formula is C25H38BrN3O2. The quantitative estimate of drug-likeness (QED) is 0.507. The number of aryl methyl sites for hydroxylation is 1. The van der Waals surface area contributed by atoms with Crippen LogP contribution >= 0.6 is 17.0 Å².